The van der Waals surface area contributed by atoms with Crippen LogP contribution >= 0.6 is 0 Å². The second kappa shape index (κ2) is 10.5. The molecule has 1 aliphatic heterocycles. The van der Waals surface area contributed by atoms with Crippen molar-refractivity contribution in [2.24, 2.45) is 5.10 Å². The van der Waals surface area contributed by atoms with E-state index in [1.807, 2.05) is 54.6 Å². The summed E-state index contributed by atoms with van der Waals surface area (Å²) in [6.45, 7) is 5.57. The lowest BCUT2D eigenvalue weighted by atomic mass is 10.1. The summed E-state index contributed by atoms with van der Waals surface area (Å²) in [5.74, 6) is -0.574. The molecule has 2 heterocycles. The molecule has 1 aromatic heterocycles. The van der Waals surface area contributed by atoms with Crippen LogP contribution in [0.1, 0.15) is 19.4 Å². The molecule has 9 nitrogen and oxygen atoms in total. The predicted octanol–water partition coefficient (Wildman–Crippen LogP) is 4.25. The van der Waals surface area contributed by atoms with E-state index in [-0.39, 0.29) is 4.90 Å². The Morgan fingerprint density at radius 1 is 1.00 bits per heavy atom. The molecule has 1 amide bonds. The zero-order valence-electron chi connectivity index (χ0n) is 21.1. The summed E-state index contributed by atoms with van der Waals surface area (Å²) in [6, 6.07) is 23.8. The van der Waals surface area contributed by atoms with Crippen LogP contribution in [0.4, 0.5) is 11.4 Å². The zero-order chi connectivity index (χ0) is 26.7. The van der Waals surface area contributed by atoms with E-state index in [4.69, 9.17) is 0 Å². The molecule has 194 valence electrons. The fourth-order valence-electron chi connectivity index (χ4n) is 4.57. The normalized spacial score (nSPS) is 13.7. The first-order valence-electron chi connectivity index (χ1n) is 12.4. The first kappa shape index (κ1) is 25.2. The quantitative estimate of drug-likeness (QED) is 0.262. The Balaban J connectivity index is 1.40. The minimum atomic E-state index is -4.03. The van der Waals surface area contributed by atoms with Crippen LogP contribution in [0.5, 0.6) is 0 Å². The van der Waals surface area contributed by atoms with Gasteiger partial charge in [-0.1, -0.05) is 60.7 Å². The number of hydrogen-bond acceptors (Lipinski definition) is 6. The molecule has 38 heavy (non-hydrogen) atoms. The molecule has 0 bridgehead atoms. The van der Waals surface area contributed by atoms with E-state index in [2.05, 4.69) is 39.5 Å². The molecule has 0 unspecified atom stereocenters. The third-order valence-electron chi connectivity index (χ3n) is 6.47. The largest absolute Gasteiger partial charge is 0.372 e. The van der Waals surface area contributed by atoms with Gasteiger partial charge in [-0.25, -0.2) is 13.8 Å². The number of hydrazone groups is 1. The second-order valence-electron chi connectivity index (χ2n) is 8.73. The molecule has 0 spiro atoms. The zero-order valence-corrected chi connectivity index (χ0v) is 21.9. The fourth-order valence-corrected chi connectivity index (χ4v) is 6.21. The number of H-pyrrole nitrogens is 1. The molecule has 0 fully saturated rings. The number of amides is 1. The Bertz CT molecular complexity index is 1560. The summed E-state index contributed by atoms with van der Waals surface area (Å²) in [5, 5.41) is 11.5. The van der Waals surface area contributed by atoms with Gasteiger partial charge < -0.3 is 4.90 Å². The standard InChI is InChI=1S/C28H28N6O3S/c1-3-33(4-2)22-16-14-20(15-17-22)18-29-30-25(35)19-34-28-26(21-10-6-5-7-11-21)31-32-27(28)23-12-8-9-13-24(23)38(34,36)37/h5-18H,3-4,19H2,1-2H3,(H,30,35)(H,31,32)/b29-18+. The third-order valence-corrected chi connectivity index (χ3v) is 8.28. The summed E-state index contributed by atoms with van der Waals surface area (Å²) in [7, 11) is -4.03. The maximum absolute atomic E-state index is 13.7. The van der Waals surface area contributed by atoms with E-state index in [9.17, 15) is 13.2 Å². The minimum Gasteiger partial charge on any atom is -0.372 e. The molecule has 3 aromatic carbocycles. The van der Waals surface area contributed by atoms with Gasteiger partial charge in [-0.05, 0) is 37.6 Å². The Morgan fingerprint density at radius 3 is 2.39 bits per heavy atom. The molecular formula is C28H28N6O3S. The highest BCUT2D eigenvalue weighted by molar-refractivity contribution is 7.93. The number of fused-ring (bicyclic) bond motifs is 3. The number of rotatable bonds is 8. The molecule has 0 radical (unpaired) electrons. The number of sulfonamides is 1. The maximum Gasteiger partial charge on any atom is 0.265 e. The third kappa shape index (κ3) is 4.66. The molecule has 0 aliphatic carbocycles. The number of nitrogens with zero attached hydrogens (tertiary/aromatic N) is 4. The lowest BCUT2D eigenvalue weighted by Gasteiger charge is -2.29. The van der Waals surface area contributed by atoms with Crippen molar-refractivity contribution >= 4 is 33.5 Å². The van der Waals surface area contributed by atoms with Crippen molar-refractivity contribution in [3.8, 4) is 22.5 Å². The van der Waals surface area contributed by atoms with Gasteiger partial charge in [-0.3, -0.25) is 14.2 Å². The number of aromatic amines is 1. The number of carbonyl (C=O) groups is 1. The van der Waals surface area contributed by atoms with Gasteiger partial charge in [0.2, 0.25) is 0 Å². The average molecular weight is 529 g/mol. The Kier molecular flexibility index (Phi) is 6.97. The van der Waals surface area contributed by atoms with Gasteiger partial charge >= 0.3 is 0 Å². The molecule has 2 N–H and O–H groups in total. The van der Waals surface area contributed by atoms with Crippen LogP contribution in [-0.2, 0) is 14.8 Å². The van der Waals surface area contributed by atoms with Crippen LogP contribution in [0.15, 0.2) is 88.9 Å². The first-order valence-corrected chi connectivity index (χ1v) is 13.8. The Hall–Kier alpha value is -4.44. The molecule has 5 rings (SSSR count). The van der Waals surface area contributed by atoms with Gasteiger partial charge in [0.15, 0.2) is 0 Å². The smallest absolute Gasteiger partial charge is 0.265 e. The van der Waals surface area contributed by atoms with Gasteiger partial charge in [0.05, 0.1) is 16.8 Å². The van der Waals surface area contributed by atoms with E-state index in [1.54, 1.807) is 18.2 Å². The summed E-state index contributed by atoms with van der Waals surface area (Å²) < 4.78 is 28.5. The minimum absolute atomic E-state index is 0.111. The lowest BCUT2D eigenvalue weighted by Crippen LogP contribution is -2.41. The first-order chi connectivity index (χ1) is 18.4. The van der Waals surface area contributed by atoms with Gasteiger partial charge in [-0.15, -0.1) is 0 Å². The van der Waals surface area contributed by atoms with E-state index >= 15 is 0 Å². The number of benzene rings is 3. The van der Waals surface area contributed by atoms with Crippen LogP contribution < -0.4 is 14.6 Å². The highest BCUT2D eigenvalue weighted by Gasteiger charge is 2.39. The van der Waals surface area contributed by atoms with E-state index in [0.717, 1.165) is 34.2 Å². The number of nitrogens with one attached hydrogen (secondary N) is 2. The summed E-state index contributed by atoms with van der Waals surface area (Å²) >= 11 is 0. The molecule has 0 saturated heterocycles. The molecule has 0 atom stereocenters. The molecule has 10 heteroatoms. The number of anilines is 2. The van der Waals surface area contributed by atoms with Gasteiger partial charge in [0.1, 0.15) is 17.9 Å². The van der Waals surface area contributed by atoms with E-state index < -0.39 is 22.5 Å². The van der Waals surface area contributed by atoms with Crippen LogP contribution in [0.3, 0.4) is 0 Å². The van der Waals surface area contributed by atoms with E-state index in [0.29, 0.717) is 22.6 Å². The van der Waals surface area contributed by atoms with Crippen molar-refractivity contribution < 1.29 is 13.2 Å². The lowest BCUT2D eigenvalue weighted by molar-refractivity contribution is -0.119. The second-order valence-corrected chi connectivity index (χ2v) is 10.6. The number of aromatic nitrogens is 2. The SMILES string of the molecule is CCN(CC)c1ccc(/C=N/NC(=O)CN2c3c(-c4ccccc4)n[nH]c3-c3ccccc3S2(=O)=O)cc1. The van der Waals surface area contributed by atoms with Crippen LogP contribution in [0.25, 0.3) is 22.5 Å². The highest BCUT2D eigenvalue weighted by atomic mass is 32.2. The summed E-state index contributed by atoms with van der Waals surface area (Å²) in [6.07, 6.45) is 1.53. The molecule has 1 aliphatic rings. The molecule has 0 saturated carbocycles. The number of carbonyl (C=O) groups excluding carboxylic acids is 1. The van der Waals surface area contributed by atoms with Crippen molar-refractivity contribution in [2.45, 2.75) is 18.7 Å². The van der Waals surface area contributed by atoms with Crippen LogP contribution in [-0.4, -0.2) is 50.4 Å². The van der Waals surface area contributed by atoms with Crippen molar-refractivity contribution in [1.82, 2.24) is 15.6 Å². The average Bonchev–Trinajstić information content (AvgIpc) is 3.38. The van der Waals surface area contributed by atoms with Gasteiger partial charge in [-0.2, -0.15) is 10.2 Å². The monoisotopic (exact) mass is 528 g/mol. The van der Waals surface area contributed by atoms with Crippen LogP contribution in [0, 0.1) is 0 Å². The van der Waals surface area contributed by atoms with E-state index in [1.165, 1.54) is 12.3 Å². The topological polar surface area (TPSA) is 111 Å². The summed E-state index contributed by atoms with van der Waals surface area (Å²) in [5.41, 5.74) is 6.95. The van der Waals surface area contributed by atoms with Crippen molar-refractivity contribution in [2.75, 3.05) is 28.8 Å². The maximum atomic E-state index is 13.7. The highest BCUT2D eigenvalue weighted by Crippen LogP contribution is 2.46. The predicted molar refractivity (Wildman–Crippen MR) is 150 cm³/mol. The van der Waals surface area contributed by atoms with Crippen molar-refractivity contribution in [1.29, 1.82) is 0 Å². The summed E-state index contributed by atoms with van der Waals surface area (Å²) in [4.78, 5) is 15.3. The number of hydrogen-bond donors (Lipinski definition) is 2. The van der Waals surface area contributed by atoms with Gasteiger partial charge in [0.25, 0.3) is 15.9 Å². The van der Waals surface area contributed by atoms with Gasteiger partial charge in [0, 0.05) is 29.9 Å². The molecular weight excluding hydrogens is 500 g/mol. The van der Waals surface area contributed by atoms with Crippen molar-refractivity contribution in [3.63, 3.8) is 0 Å². The Labute approximate surface area is 221 Å². The van der Waals surface area contributed by atoms with Crippen molar-refractivity contribution in [3.05, 3.63) is 84.4 Å². The van der Waals surface area contributed by atoms with Crippen LogP contribution in [0.2, 0.25) is 0 Å². The fraction of sp³-hybridized carbons (Fsp3) is 0.179. The molecule has 4 aromatic rings. The Morgan fingerprint density at radius 2 is 1.68 bits per heavy atom.